The van der Waals surface area contributed by atoms with Crippen LogP contribution in [0.15, 0.2) is 24.3 Å². The molecule has 0 saturated heterocycles. The molecule has 0 saturated carbocycles. The number of carbonyl (C=O) groups excluding carboxylic acids is 2. The number of fused-ring (bicyclic) bond motifs is 1. The molecule has 1 aliphatic heterocycles. The lowest BCUT2D eigenvalue weighted by Crippen LogP contribution is -2.24. The first-order valence-corrected chi connectivity index (χ1v) is 6.44. The number of rotatable bonds is 6. The Morgan fingerprint density at radius 1 is 1.47 bits per heavy atom. The Kier molecular flexibility index (Phi) is 4.16. The minimum atomic E-state index is -0.582. The number of para-hydroxylation sites is 1. The summed E-state index contributed by atoms with van der Waals surface area (Å²) >= 11 is 0. The molecular weight excluding hydrogens is 244 g/mol. The summed E-state index contributed by atoms with van der Waals surface area (Å²) in [7, 11) is 0. The SMILES string of the molecule is CCC(CCOC1C(=O)Nc2ccccc21)C(N)=O. The van der Waals surface area contributed by atoms with Crippen LogP contribution in [-0.4, -0.2) is 18.4 Å². The van der Waals surface area contributed by atoms with E-state index >= 15 is 0 Å². The van der Waals surface area contributed by atoms with Crippen LogP contribution >= 0.6 is 0 Å². The van der Waals surface area contributed by atoms with Crippen LogP contribution in [0.1, 0.15) is 31.4 Å². The molecule has 5 nitrogen and oxygen atoms in total. The van der Waals surface area contributed by atoms with Gasteiger partial charge >= 0.3 is 0 Å². The van der Waals surface area contributed by atoms with Crippen molar-refractivity contribution in [3.63, 3.8) is 0 Å². The quantitative estimate of drug-likeness (QED) is 0.817. The van der Waals surface area contributed by atoms with Gasteiger partial charge in [0, 0.05) is 23.8 Å². The minimum Gasteiger partial charge on any atom is -0.369 e. The van der Waals surface area contributed by atoms with Crippen molar-refractivity contribution in [2.24, 2.45) is 11.7 Å². The number of nitrogens with one attached hydrogen (secondary N) is 1. The summed E-state index contributed by atoms with van der Waals surface area (Å²) in [5, 5.41) is 2.77. The summed E-state index contributed by atoms with van der Waals surface area (Å²) in [6.45, 7) is 2.25. The minimum absolute atomic E-state index is 0.159. The zero-order valence-electron chi connectivity index (χ0n) is 10.9. The smallest absolute Gasteiger partial charge is 0.258 e. The van der Waals surface area contributed by atoms with E-state index in [1.54, 1.807) is 0 Å². The molecule has 102 valence electrons. The third kappa shape index (κ3) is 2.93. The molecule has 3 N–H and O–H groups in total. The molecule has 2 amide bonds. The van der Waals surface area contributed by atoms with Crippen molar-refractivity contribution in [2.75, 3.05) is 11.9 Å². The van der Waals surface area contributed by atoms with Gasteiger partial charge in [0.05, 0.1) is 0 Å². The Morgan fingerprint density at radius 3 is 2.89 bits per heavy atom. The zero-order valence-corrected chi connectivity index (χ0v) is 10.9. The van der Waals surface area contributed by atoms with Gasteiger partial charge in [-0.05, 0) is 18.9 Å². The second-order valence-corrected chi connectivity index (χ2v) is 4.62. The van der Waals surface area contributed by atoms with E-state index in [0.717, 1.165) is 11.3 Å². The number of hydrogen-bond donors (Lipinski definition) is 2. The van der Waals surface area contributed by atoms with Crippen LogP contribution in [0.3, 0.4) is 0 Å². The van der Waals surface area contributed by atoms with Gasteiger partial charge in [0.1, 0.15) is 0 Å². The van der Waals surface area contributed by atoms with Crippen LogP contribution in [0, 0.1) is 5.92 Å². The van der Waals surface area contributed by atoms with Crippen LogP contribution < -0.4 is 11.1 Å². The highest BCUT2D eigenvalue weighted by molar-refractivity contribution is 6.01. The van der Waals surface area contributed by atoms with E-state index in [9.17, 15) is 9.59 Å². The van der Waals surface area contributed by atoms with E-state index in [1.807, 2.05) is 31.2 Å². The molecule has 1 aromatic rings. The molecule has 5 heteroatoms. The van der Waals surface area contributed by atoms with Crippen molar-refractivity contribution in [1.29, 1.82) is 0 Å². The number of hydrogen-bond acceptors (Lipinski definition) is 3. The number of carbonyl (C=O) groups is 2. The maximum absolute atomic E-state index is 11.8. The topological polar surface area (TPSA) is 81.4 Å². The highest BCUT2D eigenvalue weighted by Gasteiger charge is 2.31. The van der Waals surface area contributed by atoms with Gasteiger partial charge in [-0.3, -0.25) is 9.59 Å². The van der Waals surface area contributed by atoms with Gasteiger partial charge < -0.3 is 15.8 Å². The molecule has 2 unspecified atom stereocenters. The fraction of sp³-hybridized carbons (Fsp3) is 0.429. The van der Waals surface area contributed by atoms with Crippen LogP contribution in [-0.2, 0) is 14.3 Å². The Bertz CT molecular complexity index is 487. The monoisotopic (exact) mass is 262 g/mol. The van der Waals surface area contributed by atoms with Crippen LogP contribution in [0.4, 0.5) is 5.69 Å². The average molecular weight is 262 g/mol. The first kappa shape index (κ1) is 13.5. The molecule has 0 spiro atoms. The zero-order chi connectivity index (χ0) is 13.8. The van der Waals surface area contributed by atoms with E-state index in [4.69, 9.17) is 10.5 Å². The molecule has 1 heterocycles. The molecule has 0 fully saturated rings. The van der Waals surface area contributed by atoms with Crippen molar-refractivity contribution < 1.29 is 14.3 Å². The fourth-order valence-corrected chi connectivity index (χ4v) is 2.22. The van der Waals surface area contributed by atoms with Crippen LogP contribution in [0.2, 0.25) is 0 Å². The van der Waals surface area contributed by atoms with Crippen molar-refractivity contribution in [1.82, 2.24) is 0 Å². The molecule has 19 heavy (non-hydrogen) atoms. The maximum Gasteiger partial charge on any atom is 0.258 e. The number of amides is 2. The normalized spacial score (nSPS) is 18.8. The van der Waals surface area contributed by atoms with Gasteiger partial charge in [0.15, 0.2) is 6.10 Å². The molecule has 0 aliphatic carbocycles. The number of nitrogens with two attached hydrogens (primary N) is 1. The molecule has 0 aromatic heterocycles. The third-order valence-electron chi connectivity index (χ3n) is 3.39. The van der Waals surface area contributed by atoms with Crippen molar-refractivity contribution in [3.8, 4) is 0 Å². The summed E-state index contributed by atoms with van der Waals surface area (Å²) in [6.07, 6.45) is 0.644. The highest BCUT2D eigenvalue weighted by atomic mass is 16.5. The predicted octanol–water partition coefficient (Wildman–Crippen LogP) is 1.60. The molecule has 0 radical (unpaired) electrons. The molecular formula is C14H18N2O3. The van der Waals surface area contributed by atoms with Gasteiger partial charge in [-0.25, -0.2) is 0 Å². The Hall–Kier alpha value is -1.88. The van der Waals surface area contributed by atoms with E-state index in [1.165, 1.54) is 0 Å². The van der Waals surface area contributed by atoms with Gasteiger partial charge in [0.2, 0.25) is 5.91 Å². The molecule has 1 aliphatic rings. The summed E-state index contributed by atoms with van der Waals surface area (Å²) in [4.78, 5) is 22.9. The van der Waals surface area contributed by atoms with E-state index in [2.05, 4.69) is 5.32 Å². The summed E-state index contributed by atoms with van der Waals surface area (Å²) in [6, 6.07) is 7.44. The van der Waals surface area contributed by atoms with Gasteiger partial charge in [-0.15, -0.1) is 0 Å². The lowest BCUT2D eigenvalue weighted by molar-refractivity contribution is -0.127. The average Bonchev–Trinajstić information content (AvgIpc) is 2.70. The maximum atomic E-state index is 11.8. The van der Waals surface area contributed by atoms with E-state index in [-0.39, 0.29) is 17.7 Å². The van der Waals surface area contributed by atoms with Gasteiger partial charge in [-0.1, -0.05) is 25.1 Å². The Labute approximate surface area is 112 Å². The largest absolute Gasteiger partial charge is 0.369 e. The van der Waals surface area contributed by atoms with Crippen LogP contribution in [0.5, 0.6) is 0 Å². The third-order valence-corrected chi connectivity index (χ3v) is 3.39. The summed E-state index contributed by atoms with van der Waals surface area (Å²) < 4.78 is 5.60. The number of ether oxygens (including phenoxy) is 1. The number of primary amides is 1. The standard InChI is InChI=1S/C14H18N2O3/c1-2-9(13(15)17)7-8-19-12-10-5-3-4-6-11(10)16-14(12)18/h3-6,9,12H,2,7-8H2,1H3,(H2,15,17)(H,16,18). The second-order valence-electron chi connectivity index (χ2n) is 4.62. The number of anilines is 1. The van der Waals surface area contributed by atoms with E-state index in [0.29, 0.717) is 19.4 Å². The predicted molar refractivity (Wildman–Crippen MR) is 71.4 cm³/mol. The van der Waals surface area contributed by atoms with Crippen molar-refractivity contribution >= 4 is 17.5 Å². The van der Waals surface area contributed by atoms with Crippen LogP contribution in [0.25, 0.3) is 0 Å². The second kappa shape index (κ2) is 5.84. The molecule has 1 aromatic carbocycles. The van der Waals surface area contributed by atoms with Gasteiger partial charge in [-0.2, -0.15) is 0 Å². The Balaban J connectivity index is 1.93. The lowest BCUT2D eigenvalue weighted by Gasteiger charge is -2.14. The molecule has 2 rings (SSSR count). The van der Waals surface area contributed by atoms with Crippen molar-refractivity contribution in [3.05, 3.63) is 29.8 Å². The number of benzene rings is 1. The fourth-order valence-electron chi connectivity index (χ4n) is 2.22. The first-order valence-electron chi connectivity index (χ1n) is 6.44. The highest BCUT2D eigenvalue weighted by Crippen LogP contribution is 2.33. The van der Waals surface area contributed by atoms with E-state index < -0.39 is 6.10 Å². The summed E-state index contributed by atoms with van der Waals surface area (Å²) in [5.41, 5.74) is 6.91. The Morgan fingerprint density at radius 2 is 2.21 bits per heavy atom. The summed E-state index contributed by atoms with van der Waals surface area (Å²) in [5.74, 6) is -0.671. The first-order chi connectivity index (χ1) is 9.13. The molecule has 0 bridgehead atoms. The lowest BCUT2D eigenvalue weighted by atomic mass is 10.0. The van der Waals surface area contributed by atoms with Gasteiger partial charge in [0.25, 0.3) is 5.91 Å². The van der Waals surface area contributed by atoms with Crippen molar-refractivity contribution in [2.45, 2.75) is 25.9 Å². The molecule has 2 atom stereocenters.